The van der Waals surface area contributed by atoms with Crippen molar-refractivity contribution in [3.05, 3.63) is 88.2 Å². The highest BCUT2D eigenvalue weighted by molar-refractivity contribution is 7.88. The molecule has 0 N–H and O–H groups in total. The summed E-state index contributed by atoms with van der Waals surface area (Å²) in [5.41, 5.74) is 3.14. The van der Waals surface area contributed by atoms with Crippen LogP contribution < -0.4 is 0 Å². The average molecular weight is 604 g/mol. The van der Waals surface area contributed by atoms with Crippen LogP contribution in [0.5, 0.6) is 0 Å². The third-order valence-electron chi connectivity index (χ3n) is 7.77. The van der Waals surface area contributed by atoms with Gasteiger partial charge in [0.15, 0.2) is 0 Å². The van der Waals surface area contributed by atoms with Gasteiger partial charge in [-0.2, -0.15) is 4.31 Å². The monoisotopic (exact) mass is 602 g/mol. The third kappa shape index (κ3) is 7.04. The van der Waals surface area contributed by atoms with E-state index in [-0.39, 0.29) is 11.9 Å². The fraction of sp³-hybridized carbons (Fsp3) is 0.400. The maximum atomic E-state index is 14.1. The molecule has 1 saturated heterocycles. The molecule has 0 spiro atoms. The summed E-state index contributed by atoms with van der Waals surface area (Å²) in [6, 6.07) is 17.4. The Morgan fingerprint density at radius 1 is 1.02 bits per heavy atom. The second-order valence-electron chi connectivity index (χ2n) is 10.8. The molecule has 0 aliphatic carbocycles. The van der Waals surface area contributed by atoms with Gasteiger partial charge >= 0.3 is 0 Å². The average Bonchev–Trinajstić information content (AvgIpc) is 2.93. The molecule has 1 aliphatic heterocycles. The Morgan fingerprint density at radius 3 is 2.27 bits per heavy atom. The number of amides is 1. The molecule has 1 amide bonds. The van der Waals surface area contributed by atoms with Crippen LogP contribution in [0.25, 0.3) is 11.1 Å². The minimum atomic E-state index is -3.25. The van der Waals surface area contributed by atoms with E-state index in [0.717, 1.165) is 22.3 Å². The zero-order chi connectivity index (χ0) is 29.1. The van der Waals surface area contributed by atoms with E-state index in [4.69, 9.17) is 23.2 Å². The van der Waals surface area contributed by atoms with Crippen LogP contribution in [-0.4, -0.2) is 78.9 Å². The number of benzene rings is 2. The smallest absolute Gasteiger partial charge is 0.233 e. The van der Waals surface area contributed by atoms with Gasteiger partial charge in [0.05, 0.1) is 21.7 Å². The van der Waals surface area contributed by atoms with Crippen molar-refractivity contribution in [3.8, 4) is 11.1 Å². The Morgan fingerprint density at radius 2 is 1.68 bits per heavy atom. The molecular weight excluding hydrogens is 567 g/mol. The second kappa shape index (κ2) is 12.6. The summed E-state index contributed by atoms with van der Waals surface area (Å²) >= 11 is 12.6. The number of halogens is 2. The SMILES string of the molecule is C[C@H]1CN(CCC(C)(C(=O)N(C)Cc2ccc(-c3ccncc3)cc2)c2ccc(Cl)c(Cl)c2)CCN1S(C)(=O)=O. The van der Waals surface area contributed by atoms with Crippen molar-refractivity contribution in [1.29, 1.82) is 0 Å². The number of rotatable bonds is 9. The molecule has 4 rings (SSSR count). The third-order valence-corrected chi connectivity index (χ3v) is 9.90. The molecule has 1 unspecified atom stereocenters. The van der Waals surface area contributed by atoms with Gasteiger partial charge in [-0.15, -0.1) is 0 Å². The molecule has 2 aromatic carbocycles. The molecule has 0 bridgehead atoms. The summed E-state index contributed by atoms with van der Waals surface area (Å²) in [5, 5.41) is 0.844. The lowest BCUT2D eigenvalue weighted by Crippen LogP contribution is -2.54. The van der Waals surface area contributed by atoms with Crippen LogP contribution >= 0.6 is 23.2 Å². The Bertz CT molecular complexity index is 1440. The summed E-state index contributed by atoms with van der Waals surface area (Å²) in [6.45, 7) is 6.63. The number of nitrogens with zero attached hydrogens (tertiary/aromatic N) is 4. The Hall–Kier alpha value is -2.49. The van der Waals surface area contributed by atoms with Gasteiger partial charge in [0, 0.05) is 51.7 Å². The normalized spacial score (nSPS) is 18.3. The molecule has 10 heteroatoms. The highest BCUT2D eigenvalue weighted by Crippen LogP contribution is 2.35. The molecule has 40 heavy (non-hydrogen) atoms. The van der Waals surface area contributed by atoms with E-state index >= 15 is 0 Å². The quantitative estimate of drug-likeness (QED) is 0.331. The molecule has 2 atom stereocenters. The van der Waals surface area contributed by atoms with Crippen molar-refractivity contribution in [2.75, 3.05) is 39.5 Å². The Balaban J connectivity index is 1.51. The number of sulfonamides is 1. The molecule has 1 aliphatic rings. The summed E-state index contributed by atoms with van der Waals surface area (Å²) in [7, 11) is -1.43. The number of hydrogen-bond donors (Lipinski definition) is 0. The number of hydrogen-bond acceptors (Lipinski definition) is 5. The molecule has 2 heterocycles. The standard InChI is InChI=1S/C30H36Cl2N4O3S/c1-22-20-35(17-18-36(22)40(4,38)39)16-13-30(2,26-9-10-27(31)28(32)19-26)29(37)34(3)21-23-5-7-24(8-6-23)25-11-14-33-15-12-25/h5-12,14-15,19,22H,13,16-18,20-21H2,1-4H3/t22-,30?/m0/s1. The summed E-state index contributed by atoms with van der Waals surface area (Å²) < 4.78 is 25.7. The Kier molecular flexibility index (Phi) is 9.58. The highest BCUT2D eigenvalue weighted by Gasteiger charge is 2.39. The fourth-order valence-corrected chi connectivity index (χ4v) is 6.85. The van der Waals surface area contributed by atoms with Gasteiger partial charge in [-0.1, -0.05) is 53.5 Å². The summed E-state index contributed by atoms with van der Waals surface area (Å²) in [4.78, 5) is 22.2. The van der Waals surface area contributed by atoms with Crippen LogP contribution in [0.4, 0.5) is 0 Å². The van der Waals surface area contributed by atoms with Crippen molar-refractivity contribution in [2.24, 2.45) is 0 Å². The highest BCUT2D eigenvalue weighted by atomic mass is 35.5. The maximum absolute atomic E-state index is 14.1. The van der Waals surface area contributed by atoms with E-state index in [2.05, 4.69) is 22.0 Å². The van der Waals surface area contributed by atoms with Crippen LogP contribution in [-0.2, 0) is 26.8 Å². The first kappa shape index (κ1) is 30.5. The molecule has 0 saturated carbocycles. The second-order valence-corrected chi connectivity index (χ2v) is 13.6. The number of carbonyl (C=O) groups is 1. The first-order chi connectivity index (χ1) is 18.9. The number of carbonyl (C=O) groups excluding carboxylic acids is 1. The van der Waals surface area contributed by atoms with E-state index in [0.29, 0.717) is 49.2 Å². The largest absolute Gasteiger partial charge is 0.341 e. The van der Waals surface area contributed by atoms with Crippen molar-refractivity contribution in [3.63, 3.8) is 0 Å². The van der Waals surface area contributed by atoms with Crippen molar-refractivity contribution < 1.29 is 13.2 Å². The van der Waals surface area contributed by atoms with Gasteiger partial charge < -0.3 is 9.80 Å². The van der Waals surface area contributed by atoms with Crippen LogP contribution in [0.2, 0.25) is 10.0 Å². The molecule has 1 fully saturated rings. The molecule has 214 valence electrons. The minimum absolute atomic E-state index is 0.0214. The van der Waals surface area contributed by atoms with Gasteiger partial charge in [-0.25, -0.2) is 8.42 Å². The van der Waals surface area contributed by atoms with Gasteiger partial charge in [0.2, 0.25) is 15.9 Å². The first-order valence-electron chi connectivity index (χ1n) is 13.3. The van der Waals surface area contributed by atoms with Crippen LogP contribution in [0.3, 0.4) is 0 Å². The van der Waals surface area contributed by atoms with Crippen LogP contribution in [0.1, 0.15) is 31.4 Å². The minimum Gasteiger partial charge on any atom is -0.341 e. The molecule has 0 radical (unpaired) electrons. The lowest BCUT2D eigenvalue weighted by Gasteiger charge is -2.40. The molecular formula is C30H36Cl2N4O3S. The lowest BCUT2D eigenvalue weighted by molar-refractivity contribution is -0.136. The number of pyridine rings is 1. The van der Waals surface area contributed by atoms with Gasteiger partial charge in [0.1, 0.15) is 0 Å². The van der Waals surface area contributed by atoms with Crippen molar-refractivity contribution in [1.82, 2.24) is 19.1 Å². The van der Waals surface area contributed by atoms with E-state index in [1.807, 2.05) is 51.2 Å². The zero-order valence-corrected chi connectivity index (χ0v) is 25.7. The maximum Gasteiger partial charge on any atom is 0.233 e. The predicted molar refractivity (Wildman–Crippen MR) is 162 cm³/mol. The molecule has 1 aromatic heterocycles. The summed E-state index contributed by atoms with van der Waals surface area (Å²) in [6.07, 6.45) is 5.33. The summed E-state index contributed by atoms with van der Waals surface area (Å²) in [5.74, 6) is -0.0214. The van der Waals surface area contributed by atoms with E-state index in [9.17, 15) is 13.2 Å². The van der Waals surface area contributed by atoms with Gasteiger partial charge in [-0.05, 0) is 73.3 Å². The van der Waals surface area contributed by atoms with Crippen molar-refractivity contribution >= 4 is 39.1 Å². The topological polar surface area (TPSA) is 73.8 Å². The number of aromatic nitrogens is 1. The fourth-order valence-electron chi connectivity index (χ4n) is 5.42. The number of piperazine rings is 1. The first-order valence-corrected chi connectivity index (χ1v) is 15.9. The van der Waals surface area contributed by atoms with Gasteiger partial charge in [-0.3, -0.25) is 9.78 Å². The van der Waals surface area contributed by atoms with Crippen LogP contribution in [0, 0.1) is 0 Å². The molecule has 3 aromatic rings. The zero-order valence-electron chi connectivity index (χ0n) is 23.3. The Labute approximate surface area is 247 Å². The molecule has 7 nitrogen and oxygen atoms in total. The van der Waals surface area contributed by atoms with E-state index in [1.165, 1.54) is 6.26 Å². The van der Waals surface area contributed by atoms with E-state index in [1.54, 1.807) is 33.7 Å². The van der Waals surface area contributed by atoms with E-state index < -0.39 is 15.4 Å². The van der Waals surface area contributed by atoms with Crippen LogP contribution in [0.15, 0.2) is 67.0 Å². The van der Waals surface area contributed by atoms with Gasteiger partial charge in [0.25, 0.3) is 0 Å². The lowest BCUT2D eigenvalue weighted by atomic mass is 9.77. The van der Waals surface area contributed by atoms with Crippen molar-refractivity contribution in [2.45, 2.75) is 38.3 Å². The predicted octanol–water partition coefficient (Wildman–Crippen LogP) is 5.33. The number of likely N-dealkylation sites (N-methyl/N-ethyl adjacent to an activating group) is 1.